The average Bonchev–Trinajstić information content (AvgIpc) is 2.38. The Balaban J connectivity index is 2.76. The molecule has 1 aromatic rings. The molecule has 0 saturated heterocycles. The molecule has 5 heteroatoms. The third kappa shape index (κ3) is 3.76. The second-order valence-corrected chi connectivity index (χ2v) is 3.87. The molecule has 0 aliphatic rings. The summed E-state index contributed by atoms with van der Waals surface area (Å²) in [4.78, 5) is 11.5. The maximum atomic E-state index is 11.5. The first kappa shape index (κ1) is 14.0. The fourth-order valence-electron chi connectivity index (χ4n) is 1.43. The van der Waals surface area contributed by atoms with Gasteiger partial charge in [-0.15, -0.1) is 0 Å². The van der Waals surface area contributed by atoms with E-state index in [1.165, 1.54) is 0 Å². The number of carbonyl (C=O) groups excluding carboxylic acids is 1. The molecule has 0 aliphatic carbocycles. The van der Waals surface area contributed by atoms with Gasteiger partial charge in [0.05, 0.1) is 5.71 Å². The second kappa shape index (κ2) is 6.64. The minimum absolute atomic E-state index is 0.157. The third-order valence-corrected chi connectivity index (χ3v) is 2.43. The molecule has 2 N–H and O–H groups in total. The highest BCUT2D eigenvalue weighted by Gasteiger charge is 2.13. The van der Waals surface area contributed by atoms with Gasteiger partial charge < -0.3 is 15.3 Å². The molecule has 0 saturated carbocycles. The van der Waals surface area contributed by atoms with Crippen LogP contribution in [-0.2, 0) is 4.79 Å². The van der Waals surface area contributed by atoms with Crippen LogP contribution in [0.1, 0.15) is 26.3 Å². The number of nitrogens with one attached hydrogen (secondary N) is 1. The van der Waals surface area contributed by atoms with Crippen LogP contribution in [-0.4, -0.2) is 29.5 Å². The van der Waals surface area contributed by atoms with Crippen molar-refractivity contribution in [2.75, 3.05) is 6.54 Å². The number of hydrogen-bond donors (Lipinski definition) is 2. The van der Waals surface area contributed by atoms with Crippen molar-refractivity contribution >= 4 is 11.6 Å². The maximum absolute atomic E-state index is 11.5. The summed E-state index contributed by atoms with van der Waals surface area (Å²) < 4.78 is 5.52. The van der Waals surface area contributed by atoms with Crippen molar-refractivity contribution in [3.8, 4) is 5.75 Å². The van der Waals surface area contributed by atoms with Crippen LogP contribution in [0.25, 0.3) is 0 Å². The van der Waals surface area contributed by atoms with Gasteiger partial charge in [-0.1, -0.05) is 17.3 Å². The molecule has 1 unspecified atom stereocenters. The summed E-state index contributed by atoms with van der Waals surface area (Å²) in [7, 11) is 0. The average molecular weight is 250 g/mol. The van der Waals surface area contributed by atoms with Crippen molar-refractivity contribution in [3.05, 3.63) is 29.8 Å². The highest BCUT2D eigenvalue weighted by molar-refractivity contribution is 5.98. The van der Waals surface area contributed by atoms with E-state index in [1.54, 1.807) is 38.1 Å². The summed E-state index contributed by atoms with van der Waals surface area (Å²) in [6.07, 6.45) is -0.563. The van der Waals surface area contributed by atoms with E-state index in [4.69, 9.17) is 9.94 Å². The molecular weight excluding hydrogens is 232 g/mol. The smallest absolute Gasteiger partial charge is 0.260 e. The lowest BCUT2D eigenvalue weighted by molar-refractivity contribution is -0.127. The van der Waals surface area contributed by atoms with Gasteiger partial charge in [0.15, 0.2) is 6.10 Å². The zero-order valence-electron chi connectivity index (χ0n) is 10.8. The molecule has 0 bridgehead atoms. The minimum Gasteiger partial charge on any atom is -0.481 e. The maximum Gasteiger partial charge on any atom is 0.260 e. The summed E-state index contributed by atoms with van der Waals surface area (Å²) >= 11 is 0. The molecule has 18 heavy (non-hydrogen) atoms. The topological polar surface area (TPSA) is 70.9 Å². The molecule has 0 fully saturated rings. The highest BCUT2D eigenvalue weighted by Crippen LogP contribution is 2.15. The Morgan fingerprint density at radius 1 is 1.56 bits per heavy atom. The monoisotopic (exact) mass is 250 g/mol. The molecule has 1 aromatic carbocycles. The Morgan fingerprint density at radius 3 is 2.89 bits per heavy atom. The largest absolute Gasteiger partial charge is 0.481 e. The van der Waals surface area contributed by atoms with Crippen LogP contribution in [0.3, 0.4) is 0 Å². The first-order valence-corrected chi connectivity index (χ1v) is 5.82. The molecule has 1 atom stereocenters. The number of carbonyl (C=O) groups is 1. The van der Waals surface area contributed by atoms with Gasteiger partial charge >= 0.3 is 0 Å². The summed E-state index contributed by atoms with van der Waals surface area (Å²) in [5.41, 5.74) is 1.24. The first-order valence-electron chi connectivity index (χ1n) is 5.82. The van der Waals surface area contributed by atoms with Crippen LogP contribution in [0.5, 0.6) is 5.75 Å². The van der Waals surface area contributed by atoms with E-state index < -0.39 is 6.10 Å². The molecule has 0 radical (unpaired) electrons. The van der Waals surface area contributed by atoms with E-state index in [0.717, 1.165) is 5.56 Å². The number of rotatable bonds is 5. The van der Waals surface area contributed by atoms with Gasteiger partial charge in [0.1, 0.15) is 5.75 Å². The van der Waals surface area contributed by atoms with Crippen LogP contribution in [0.15, 0.2) is 29.4 Å². The van der Waals surface area contributed by atoms with Gasteiger partial charge in [-0.3, -0.25) is 4.79 Å². The SMILES string of the molecule is CCNC(=O)C(C)Oc1cccc(/C(C)=N/O)c1. The summed E-state index contributed by atoms with van der Waals surface area (Å²) in [5, 5.41) is 14.5. The number of nitrogens with zero attached hydrogens (tertiary/aromatic N) is 1. The Morgan fingerprint density at radius 2 is 2.28 bits per heavy atom. The lowest BCUT2D eigenvalue weighted by atomic mass is 10.1. The van der Waals surface area contributed by atoms with Crippen LogP contribution in [0, 0.1) is 0 Å². The van der Waals surface area contributed by atoms with E-state index >= 15 is 0 Å². The lowest BCUT2D eigenvalue weighted by Gasteiger charge is -2.14. The molecular formula is C13H18N2O3. The van der Waals surface area contributed by atoms with E-state index in [1.807, 2.05) is 6.92 Å². The van der Waals surface area contributed by atoms with Crippen molar-refractivity contribution in [1.29, 1.82) is 0 Å². The van der Waals surface area contributed by atoms with Crippen LogP contribution in [0.4, 0.5) is 0 Å². The number of benzene rings is 1. The van der Waals surface area contributed by atoms with Gasteiger partial charge in [-0.05, 0) is 32.9 Å². The predicted molar refractivity (Wildman–Crippen MR) is 69.2 cm³/mol. The summed E-state index contributed by atoms with van der Waals surface area (Å²) in [5.74, 6) is 0.407. The minimum atomic E-state index is -0.563. The van der Waals surface area contributed by atoms with Gasteiger partial charge in [0.25, 0.3) is 5.91 Å². The fraction of sp³-hybridized carbons (Fsp3) is 0.385. The molecule has 0 spiro atoms. The Kier molecular flexibility index (Phi) is 5.17. The van der Waals surface area contributed by atoms with Crippen LogP contribution < -0.4 is 10.1 Å². The number of hydrogen-bond acceptors (Lipinski definition) is 4. The first-order chi connectivity index (χ1) is 8.58. The van der Waals surface area contributed by atoms with Crippen molar-refractivity contribution in [1.82, 2.24) is 5.32 Å². The number of ether oxygens (including phenoxy) is 1. The van der Waals surface area contributed by atoms with Crippen molar-refractivity contribution in [2.24, 2.45) is 5.16 Å². The van der Waals surface area contributed by atoms with E-state index in [-0.39, 0.29) is 5.91 Å². The quantitative estimate of drug-likeness (QED) is 0.475. The normalized spacial score (nSPS) is 12.9. The molecule has 0 aliphatic heterocycles. The lowest BCUT2D eigenvalue weighted by Crippen LogP contribution is -2.36. The van der Waals surface area contributed by atoms with Gasteiger partial charge in [0.2, 0.25) is 0 Å². The molecule has 1 amide bonds. The zero-order valence-corrected chi connectivity index (χ0v) is 10.8. The Labute approximate surface area is 106 Å². The van der Waals surface area contributed by atoms with Gasteiger partial charge in [-0.2, -0.15) is 0 Å². The van der Waals surface area contributed by atoms with Crippen molar-refractivity contribution < 1.29 is 14.7 Å². The third-order valence-electron chi connectivity index (χ3n) is 2.43. The molecule has 0 aromatic heterocycles. The fourth-order valence-corrected chi connectivity index (χ4v) is 1.43. The standard InChI is InChI=1S/C13H18N2O3/c1-4-14-13(16)10(3)18-12-7-5-6-11(8-12)9(2)15-17/h5-8,10,17H,4H2,1-3H3,(H,14,16)/b15-9+. The van der Waals surface area contributed by atoms with Crippen LogP contribution >= 0.6 is 0 Å². The molecule has 1 rings (SSSR count). The number of oxime groups is 1. The van der Waals surface area contributed by atoms with Crippen molar-refractivity contribution in [3.63, 3.8) is 0 Å². The molecule has 98 valence electrons. The van der Waals surface area contributed by atoms with E-state index in [2.05, 4.69) is 10.5 Å². The van der Waals surface area contributed by atoms with E-state index in [9.17, 15) is 4.79 Å². The summed E-state index contributed by atoms with van der Waals surface area (Å²) in [6.45, 7) is 5.80. The van der Waals surface area contributed by atoms with Gasteiger partial charge in [-0.25, -0.2) is 0 Å². The summed E-state index contributed by atoms with van der Waals surface area (Å²) in [6, 6.07) is 7.07. The number of amides is 1. The Bertz CT molecular complexity index is 444. The number of likely N-dealkylation sites (N-methyl/N-ethyl adjacent to an activating group) is 1. The Hall–Kier alpha value is -2.04. The van der Waals surface area contributed by atoms with Crippen LogP contribution in [0.2, 0.25) is 0 Å². The highest BCUT2D eigenvalue weighted by atomic mass is 16.5. The van der Waals surface area contributed by atoms with Gasteiger partial charge in [0, 0.05) is 12.1 Å². The predicted octanol–water partition coefficient (Wildman–Crippen LogP) is 1.79. The molecule has 0 heterocycles. The van der Waals surface area contributed by atoms with Crippen molar-refractivity contribution in [2.45, 2.75) is 26.9 Å². The van der Waals surface area contributed by atoms with E-state index in [0.29, 0.717) is 18.0 Å². The second-order valence-electron chi connectivity index (χ2n) is 3.87. The zero-order chi connectivity index (χ0) is 13.5. The molecule has 5 nitrogen and oxygen atoms in total.